The SMILES string of the molecule is CN(Cc1ccc(N(C)C)cc1)C(=O)CCc1ccccc1Cl. The molecule has 0 spiro atoms. The Morgan fingerprint density at radius 3 is 2.26 bits per heavy atom. The molecular formula is C19H23ClN2O. The molecule has 3 nitrogen and oxygen atoms in total. The Morgan fingerprint density at radius 1 is 1.00 bits per heavy atom. The molecule has 1 amide bonds. The lowest BCUT2D eigenvalue weighted by Gasteiger charge is -2.18. The molecule has 0 saturated heterocycles. The van der Waals surface area contributed by atoms with Crippen LogP contribution < -0.4 is 4.90 Å². The van der Waals surface area contributed by atoms with Gasteiger partial charge in [0.1, 0.15) is 0 Å². The summed E-state index contributed by atoms with van der Waals surface area (Å²) in [6.45, 7) is 0.620. The maximum Gasteiger partial charge on any atom is 0.222 e. The molecule has 0 fully saturated rings. The molecule has 0 aliphatic heterocycles. The van der Waals surface area contributed by atoms with Crippen molar-refractivity contribution < 1.29 is 4.79 Å². The molecule has 2 rings (SSSR count). The van der Waals surface area contributed by atoms with Crippen LogP contribution in [0.3, 0.4) is 0 Å². The molecular weight excluding hydrogens is 308 g/mol. The Morgan fingerprint density at radius 2 is 1.65 bits per heavy atom. The molecule has 0 saturated carbocycles. The zero-order valence-electron chi connectivity index (χ0n) is 13.9. The van der Waals surface area contributed by atoms with E-state index in [1.54, 1.807) is 4.90 Å². The van der Waals surface area contributed by atoms with Gasteiger partial charge >= 0.3 is 0 Å². The number of benzene rings is 2. The molecule has 0 radical (unpaired) electrons. The van der Waals surface area contributed by atoms with Crippen molar-refractivity contribution >= 4 is 23.2 Å². The van der Waals surface area contributed by atoms with Gasteiger partial charge in [0.2, 0.25) is 5.91 Å². The van der Waals surface area contributed by atoms with E-state index in [9.17, 15) is 4.79 Å². The number of halogens is 1. The first-order valence-corrected chi connectivity index (χ1v) is 8.09. The Hall–Kier alpha value is -2.00. The van der Waals surface area contributed by atoms with E-state index in [1.165, 1.54) is 0 Å². The molecule has 0 bridgehead atoms. The van der Waals surface area contributed by atoms with Crippen LogP contribution in [0.4, 0.5) is 5.69 Å². The van der Waals surface area contributed by atoms with E-state index in [-0.39, 0.29) is 5.91 Å². The third-order valence-corrected chi connectivity index (χ3v) is 4.23. The lowest BCUT2D eigenvalue weighted by atomic mass is 10.1. The molecule has 0 heterocycles. The topological polar surface area (TPSA) is 23.6 Å². The summed E-state index contributed by atoms with van der Waals surface area (Å²) in [7, 11) is 5.87. The van der Waals surface area contributed by atoms with Crippen molar-refractivity contribution in [2.45, 2.75) is 19.4 Å². The van der Waals surface area contributed by atoms with Crippen LogP contribution in [0.25, 0.3) is 0 Å². The zero-order chi connectivity index (χ0) is 16.8. The number of hydrogen-bond acceptors (Lipinski definition) is 2. The van der Waals surface area contributed by atoms with E-state index in [1.807, 2.05) is 45.4 Å². The van der Waals surface area contributed by atoms with Crippen molar-refractivity contribution in [3.63, 3.8) is 0 Å². The van der Waals surface area contributed by atoms with E-state index in [4.69, 9.17) is 11.6 Å². The highest BCUT2D eigenvalue weighted by Crippen LogP contribution is 2.17. The van der Waals surface area contributed by atoms with Crippen LogP contribution in [0.1, 0.15) is 17.5 Å². The molecule has 0 atom stereocenters. The van der Waals surface area contributed by atoms with Gasteiger partial charge in [-0.25, -0.2) is 0 Å². The first-order chi connectivity index (χ1) is 11.0. The molecule has 122 valence electrons. The van der Waals surface area contributed by atoms with Crippen molar-refractivity contribution in [1.29, 1.82) is 0 Å². The third-order valence-electron chi connectivity index (χ3n) is 3.86. The van der Waals surface area contributed by atoms with Gasteiger partial charge in [-0.1, -0.05) is 41.9 Å². The van der Waals surface area contributed by atoms with Gasteiger partial charge in [-0.05, 0) is 35.7 Å². The monoisotopic (exact) mass is 330 g/mol. The largest absolute Gasteiger partial charge is 0.378 e. The van der Waals surface area contributed by atoms with Crippen LogP contribution in [0.2, 0.25) is 5.02 Å². The molecule has 2 aromatic rings. The number of nitrogens with zero attached hydrogens (tertiary/aromatic N) is 2. The van der Waals surface area contributed by atoms with Crippen LogP contribution in [0, 0.1) is 0 Å². The second-order valence-electron chi connectivity index (χ2n) is 5.90. The average Bonchev–Trinajstić information content (AvgIpc) is 2.54. The van der Waals surface area contributed by atoms with Crippen LogP contribution in [0.5, 0.6) is 0 Å². The first kappa shape index (κ1) is 17.4. The molecule has 23 heavy (non-hydrogen) atoms. The number of hydrogen-bond donors (Lipinski definition) is 0. The second kappa shape index (κ2) is 8.02. The van der Waals surface area contributed by atoms with Gasteiger partial charge in [-0.15, -0.1) is 0 Å². The minimum absolute atomic E-state index is 0.126. The molecule has 0 N–H and O–H groups in total. The van der Waals surface area contributed by atoms with Gasteiger partial charge in [0, 0.05) is 44.8 Å². The summed E-state index contributed by atoms with van der Waals surface area (Å²) in [5, 5.41) is 0.724. The lowest BCUT2D eigenvalue weighted by Crippen LogP contribution is -2.26. The number of aryl methyl sites for hydroxylation is 1. The molecule has 0 unspecified atom stereocenters. The smallest absolute Gasteiger partial charge is 0.222 e. The van der Waals surface area contributed by atoms with Gasteiger partial charge in [0.25, 0.3) is 0 Å². The summed E-state index contributed by atoms with van der Waals surface area (Å²) in [6, 6.07) is 15.9. The minimum Gasteiger partial charge on any atom is -0.378 e. The fourth-order valence-corrected chi connectivity index (χ4v) is 2.63. The number of amides is 1. The summed E-state index contributed by atoms with van der Waals surface area (Å²) >= 11 is 6.13. The van der Waals surface area contributed by atoms with Gasteiger partial charge < -0.3 is 9.80 Å². The Balaban J connectivity index is 1.88. The van der Waals surface area contributed by atoms with Gasteiger partial charge in [0.05, 0.1) is 0 Å². The number of carbonyl (C=O) groups excluding carboxylic acids is 1. The number of anilines is 1. The quantitative estimate of drug-likeness (QED) is 0.799. The van der Waals surface area contributed by atoms with E-state index in [2.05, 4.69) is 29.2 Å². The third kappa shape index (κ3) is 5.00. The van der Waals surface area contributed by atoms with E-state index >= 15 is 0 Å². The molecule has 4 heteroatoms. The zero-order valence-corrected chi connectivity index (χ0v) is 14.7. The number of rotatable bonds is 6. The van der Waals surface area contributed by atoms with Crippen LogP contribution >= 0.6 is 11.6 Å². The standard InChI is InChI=1S/C19H23ClN2O/c1-21(2)17-11-8-15(9-12-17)14-22(3)19(23)13-10-16-6-4-5-7-18(16)20/h4-9,11-12H,10,13-14H2,1-3H3. The summed E-state index contributed by atoms with van der Waals surface area (Å²) < 4.78 is 0. The second-order valence-corrected chi connectivity index (χ2v) is 6.31. The summed E-state index contributed by atoms with van der Waals surface area (Å²) in [5.74, 6) is 0.126. The molecule has 0 aliphatic rings. The Labute approximate surface area is 143 Å². The molecule has 2 aromatic carbocycles. The first-order valence-electron chi connectivity index (χ1n) is 7.71. The predicted octanol–water partition coefficient (Wildman–Crippen LogP) is 4.00. The predicted molar refractivity (Wildman–Crippen MR) is 97.0 cm³/mol. The van der Waals surface area contributed by atoms with Crippen molar-refractivity contribution in [2.24, 2.45) is 0 Å². The highest BCUT2D eigenvalue weighted by atomic mass is 35.5. The maximum absolute atomic E-state index is 12.3. The van der Waals surface area contributed by atoms with Crippen LogP contribution in [-0.2, 0) is 17.8 Å². The highest BCUT2D eigenvalue weighted by Gasteiger charge is 2.10. The van der Waals surface area contributed by atoms with Gasteiger partial charge in [-0.3, -0.25) is 4.79 Å². The maximum atomic E-state index is 12.3. The van der Waals surface area contributed by atoms with Crippen molar-refractivity contribution in [2.75, 3.05) is 26.0 Å². The minimum atomic E-state index is 0.126. The summed E-state index contributed by atoms with van der Waals surface area (Å²) in [6.07, 6.45) is 1.14. The van der Waals surface area contributed by atoms with Gasteiger partial charge in [-0.2, -0.15) is 0 Å². The van der Waals surface area contributed by atoms with Crippen molar-refractivity contribution in [3.05, 3.63) is 64.7 Å². The molecule has 0 aromatic heterocycles. The Bertz CT molecular complexity index is 653. The van der Waals surface area contributed by atoms with E-state index in [0.29, 0.717) is 19.4 Å². The number of carbonyl (C=O) groups is 1. The Kier molecular flexibility index (Phi) is 6.05. The molecule has 0 aliphatic carbocycles. The van der Waals surface area contributed by atoms with Crippen molar-refractivity contribution in [3.8, 4) is 0 Å². The summed E-state index contributed by atoms with van der Waals surface area (Å²) in [5.41, 5.74) is 3.30. The van der Waals surface area contributed by atoms with Gasteiger partial charge in [0.15, 0.2) is 0 Å². The van der Waals surface area contributed by atoms with Crippen molar-refractivity contribution in [1.82, 2.24) is 4.90 Å². The fraction of sp³-hybridized carbons (Fsp3) is 0.316. The normalized spacial score (nSPS) is 10.4. The van der Waals surface area contributed by atoms with Crippen LogP contribution in [-0.4, -0.2) is 32.0 Å². The van der Waals surface area contributed by atoms with E-state index in [0.717, 1.165) is 21.8 Å². The fourth-order valence-electron chi connectivity index (χ4n) is 2.40. The van der Waals surface area contributed by atoms with E-state index < -0.39 is 0 Å². The average molecular weight is 331 g/mol. The lowest BCUT2D eigenvalue weighted by molar-refractivity contribution is -0.130. The summed E-state index contributed by atoms with van der Waals surface area (Å²) in [4.78, 5) is 16.1. The van der Waals surface area contributed by atoms with Crippen LogP contribution in [0.15, 0.2) is 48.5 Å². The highest BCUT2D eigenvalue weighted by molar-refractivity contribution is 6.31.